The average Bonchev–Trinajstić information content (AvgIpc) is 2.92. The Morgan fingerprint density at radius 3 is 2.62 bits per heavy atom. The number of hydrogen-bond donors (Lipinski definition) is 1. The molecule has 26 heavy (non-hydrogen) atoms. The molecular formula is C20H22Br2N2OS. The quantitative estimate of drug-likeness (QED) is 0.632. The summed E-state index contributed by atoms with van der Waals surface area (Å²) in [6.07, 6.45) is 1.09. The number of hydrogen-bond acceptors (Lipinski definition) is 3. The first-order valence-electron chi connectivity index (χ1n) is 8.60. The fraction of sp³-hybridized carbons (Fsp3) is 0.350. The van der Waals surface area contributed by atoms with Crippen LogP contribution in [0.15, 0.2) is 46.9 Å². The minimum Gasteiger partial charge on any atom is -1.00 e. The number of β-amino-alcohol motifs (C(OH)–C–C–N with tert-alkyl or cyclic N) is 1. The van der Waals surface area contributed by atoms with Crippen molar-refractivity contribution >= 4 is 38.5 Å². The van der Waals surface area contributed by atoms with Gasteiger partial charge in [0.15, 0.2) is 6.54 Å². The lowest BCUT2D eigenvalue weighted by Gasteiger charge is -2.24. The van der Waals surface area contributed by atoms with Gasteiger partial charge in [0.2, 0.25) is 0 Å². The number of anilines is 1. The first-order chi connectivity index (χ1) is 12.0. The van der Waals surface area contributed by atoms with Crippen LogP contribution in [0.2, 0.25) is 0 Å². The van der Waals surface area contributed by atoms with Crippen LogP contribution in [0.5, 0.6) is 0 Å². The summed E-state index contributed by atoms with van der Waals surface area (Å²) in [6, 6.07) is 14.6. The molecule has 4 rings (SSSR count). The van der Waals surface area contributed by atoms with E-state index in [-0.39, 0.29) is 17.0 Å². The van der Waals surface area contributed by atoms with Crippen molar-refractivity contribution < 1.29 is 26.7 Å². The molecule has 3 nitrogen and oxygen atoms in total. The van der Waals surface area contributed by atoms with Crippen molar-refractivity contribution in [2.75, 3.05) is 23.7 Å². The van der Waals surface area contributed by atoms with Gasteiger partial charge in [-0.05, 0) is 61.4 Å². The molecule has 0 aliphatic carbocycles. The molecule has 0 spiro atoms. The summed E-state index contributed by atoms with van der Waals surface area (Å²) in [7, 11) is 0. The second-order valence-electron chi connectivity index (χ2n) is 6.84. The number of rotatable bonds is 2. The van der Waals surface area contributed by atoms with E-state index in [2.05, 4.69) is 57.5 Å². The third-order valence-electron chi connectivity index (χ3n) is 5.01. The number of halogens is 2. The van der Waals surface area contributed by atoms with E-state index in [0.717, 1.165) is 28.8 Å². The molecule has 0 radical (unpaired) electrons. The molecule has 0 saturated carbocycles. The summed E-state index contributed by atoms with van der Waals surface area (Å²) in [5, 5.41) is 12.8. The molecule has 1 unspecified atom stereocenters. The third kappa shape index (κ3) is 3.37. The van der Waals surface area contributed by atoms with Gasteiger partial charge in [0, 0.05) is 15.8 Å². The molecule has 2 aliphatic heterocycles. The van der Waals surface area contributed by atoms with Gasteiger partial charge in [-0.1, -0.05) is 40.2 Å². The summed E-state index contributed by atoms with van der Waals surface area (Å²) in [5.74, 6) is 1.10. The Morgan fingerprint density at radius 1 is 1.15 bits per heavy atom. The number of amidine groups is 1. The van der Waals surface area contributed by atoms with E-state index < -0.39 is 5.72 Å². The van der Waals surface area contributed by atoms with E-state index >= 15 is 0 Å². The van der Waals surface area contributed by atoms with Crippen LogP contribution < -0.4 is 21.9 Å². The zero-order valence-electron chi connectivity index (χ0n) is 14.9. The van der Waals surface area contributed by atoms with Crippen LogP contribution in [0.25, 0.3) is 0 Å². The molecule has 2 aliphatic rings. The van der Waals surface area contributed by atoms with Crippen LogP contribution in [-0.2, 0) is 5.72 Å². The predicted molar refractivity (Wildman–Crippen MR) is 109 cm³/mol. The summed E-state index contributed by atoms with van der Waals surface area (Å²) in [4.78, 5) is 2.30. The van der Waals surface area contributed by atoms with E-state index in [9.17, 15) is 5.11 Å². The maximum Gasteiger partial charge on any atom is 0.316 e. The first kappa shape index (κ1) is 19.9. The van der Waals surface area contributed by atoms with Crippen molar-refractivity contribution in [3.8, 4) is 0 Å². The van der Waals surface area contributed by atoms with Gasteiger partial charge in [-0.3, -0.25) is 0 Å². The fourth-order valence-corrected chi connectivity index (χ4v) is 5.10. The maximum atomic E-state index is 11.7. The van der Waals surface area contributed by atoms with Gasteiger partial charge < -0.3 is 22.1 Å². The lowest BCUT2D eigenvalue weighted by Crippen LogP contribution is -3.00. The highest BCUT2D eigenvalue weighted by Gasteiger charge is 2.53. The maximum absolute atomic E-state index is 11.7. The molecule has 138 valence electrons. The van der Waals surface area contributed by atoms with Gasteiger partial charge in [0.05, 0.1) is 6.54 Å². The molecule has 1 atom stereocenters. The SMILES string of the molecule is Cc1ccc(C)c(N2CC(O)(c3ccc(Br)cc3)[N+]3=C2SCCC3)c1.[Br-]. The highest BCUT2D eigenvalue weighted by molar-refractivity contribution is 9.10. The number of nitrogens with zero attached hydrogens (tertiary/aromatic N) is 2. The lowest BCUT2D eigenvalue weighted by molar-refractivity contribution is -0.656. The van der Waals surface area contributed by atoms with Gasteiger partial charge in [-0.2, -0.15) is 0 Å². The summed E-state index contributed by atoms with van der Waals surface area (Å²) < 4.78 is 3.22. The van der Waals surface area contributed by atoms with E-state index in [4.69, 9.17) is 0 Å². The number of aliphatic hydroxyl groups is 1. The van der Waals surface area contributed by atoms with Crippen LogP contribution in [0, 0.1) is 13.8 Å². The second-order valence-corrected chi connectivity index (χ2v) is 8.81. The zero-order valence-corrected chi connectivity index (χ0v) is 18.9. The van der Waals surface area contributed by atoms with E-state index in [1.807, 2.05) is 36.0 Å². The van der Waals surface area contributed by atoms with Crippen LogP contribution in [0.4, 0.5) is 5.69 Å². The standard InChI is InChI=1S/C20H22BrN2OS.BrH/c1-14-4-5-15(2)18(12-14)22-13-20(24,16-6-8-17(21)9-7-16)23-10-3-11-25-19(22)23;/h4-9,12,24H,3,10-11,13H2,1-2H3;1H/q+1;/p-1. The highest BCUT2D eigenvalue weighted by atomic mass is 79.9. The average molecular weight is 498 g/mol. The third-order valence-corrected chi connectivity index (χ3v) is 6.73. The number of aryl methyl sites for hydroxylation is 2. The largest absolute Gasteiger partial charge is 1.00 e. The molecular weight excluding hydrogens is 476 g/mol. The Hall–Kier alpha value is -0.820. The molecule has 1 N–H and O–H groups in total. The van der Waals surface area contributed by atoms with Crippen LogP contribution in [-0.4, -0.2) is 33.7 Å². The van der Waals surface area contributed by atoms with E-state index in [1.165, 1.54) is 22.0 Å². The molecule has 0 aromatic heterocycles. The molecule has 2 aromatic carbocycles. The molecule has 0 amide bonds. The normalized spacial score (nSPS) is 22.2. The van der Waals surface area contributed by atoms with Crippen molar-refractivity contribution in [2.45, 2.75) is 26.0 Å². The van der Waals surface area contributed by atoms with Gasteiger partial charge in [0.1, 0.15) is 5.69 Å². The van der Waals surface area contributed by atoms with E-state index in [0.29, 0.717) is 6.54 Å². The van der Waals surface area contributed by atoms with Crippen molar-refractivity contribution in [2.24, 2.45) is 0 Å². The van der Waals surface area contributed by atoms with Gasteiger partial charge in [0.25, 0.3) is 5.72 Å². The summed E-state index contributed by atoms with van der Waals surface area (Å²) >= 11 is 5.34. The minimum atomic E-state index is -0.986. The predicted octanol–water partition coefficient (Wildman–Crippen LogP) is 1.24. The smallest absolute Gasteiger partial charge is 0.316 e. The summed E-state index contributed by atoms with van der Waals surface area (Å²) in [5.41, 5.74) is 3.64. The van der Waals surface area contributed by atoms with Crippen LogP contribution in [0.3, 0.4) is 0 Å². The van der Waals surface area contributed by atoms with Gasteiger partial charge in [-0.25, -0.2) is 9.48 Å². The Kier molecular flexibility index (Phi) is 5.87. The molecule has 2 aromatic rings. The Labute approximate surface area is 178 Å². The second kappa shape index (κ2) is 7.66. The van der Waals surface area contributed by atoms with Gasteiger partial charge in [-0.15, -0.1) is 0 Å². The summed E-state index contributed by atoms with van der Waals surface area (Å²) in [6.45, 7) is 5.71. The first-order valence-corrected chi connectivity index (χ1v) is 10.4. The Bertz CT molecular complexity index is 853. The number of benzene rings is 2. The van der Waals surface area contributed by atoms with E-state index in [1.54, 1.807) is 0 Å². The Balaban J connectivity index is 0.00000196. The topological polar surface area (TPSA) is 26.5 Å². The minimum absolute atomic E-state index is 0. The Morgan fingerprint density at radius 2 is 1.88 bits per heavy atom. The molecule has 0 bridgehead atoms. The number of thioether (sulfide) groups is 1. The molecule has 6 heteroatoms. The zero-order chi connectivity index (χ0) is 17.6. The van der Waals surface area contributed by atoms with Crippen molar-refractivity contribution in [3.63, 3.8) is 0 Å². The van der Waals surface area contributed by atoms with Crippen molar-refractivity contribution in [1.29, 1.82) is 0 Å². The highest BCUT2D eigenvalue weighted by Crippen LogP contribution is 2.39. The van der Waals surface area contributed by atoms with Crippen molar-refractivity contribution in [3.05, 3.63) is 63.6 Å². The fourth-order valence-electron chi connectivity index (χ4n) is 3.66. The molecule has 2 heterocycles. The van der Waals surface area contributed by atoms with Crippen LogP contribution in [0.1, 0.15) is 23.1 Å². The lowest BCUT2D eigenvalue weighted by atomic mass is 10.0. The van der Waals surface area contributed by atoms with Gasteiger partial charge >= 0.3 is 5.17 Å². The van der Waals surface area contributed by atoms with Crippen molar-refractivity contribution in [1.82, 2.24) is 0 Å². The van der Waals surface area contributed by atoms with Crippen LogP contribution >= 0.6 is 27.7 Å². The molecule has 0 saturated heterocycles. The molecule has 0 fully saturated rings. The monoisotopic (exact) mass is 496 g/mol.